The van der Waals surface area contributed by atoms with Gasteiger partial charge in [-0.05, 0) is 42.5 Å². The largest absolute Gasteiger partial charge is 0.484 e. The molecule has 0 radical (unpaired) electrons. The van der Waals surface area contributed by atoms with E-state index in [0.717, 1.165) is 11.1 Å². The highest BCUT2D eigenvalue weighted by atomic mass is 35.5. The molecule has 0 fully saturated rings. The molecule has 33 heavy (non-hydrogen) atoms. The summed E-state index contributed by atoms with van der Waals surface area (Å²) in [6, 6.07) is 17.2. The number of halogens is 2. The number of nitrogens with zero attached hydrogens (tertiary/aromatic N) is 6. The minimum atomic E-state index is -0.427. The van der Waals surface area contributed by atoms with Gasteiger partial charge in [0.2, 0.25) is 5.82 Å². The quantitative estimate of drug-likeness (QED) is 0.356. The molecule has 6 aromatic rings. The van der Waals surface area contributed by atoms with Crippen LogP contribution < -0.4 is 4.74 Å². The molecule has 6 rings (SSSR count). The molecule has 0 aliphatic rings. The predicted octanol–water partition coefficient (Wildman–Crippen LogP) is 5.09. The van der Waals surface area contributed by atoms with E-state index in [1.54, 1.807) is 33.9 Å². The molecule has 2 aromatic carbocycles. The lowest BCUT2D eigenvalue weighted by Crippen LogP contribution is -1.98. The normalized spacial score (nSPS) is 11.5. The Morgan fingerprint density at radius 2 is 1.91 bits per heavy atom. The van der Waals surface area contributed by atoms with E-state index in [9.17, 15) is 4.39 Å². The number of para-hydroxylation sites is 1. The molecular weight excluding hydrogens is 447 g/mol. The molecule has 0 amide bonds. The van der Waals surface area contributed by atoms with Crippen LogP contribution in [0.4, 0.5) is 4.39 Å². The van der Waals surface area contributed by atoms with E-state index in [-0.39, 0.29) is 11.6 Å². The maximum atomic E-state index is 13.2. The van der Waals surface area contributed by atoms with Gasteiger partial charge in [-0.2, -0.15) is 5.10 Å². The molecule has 0 unspecified atom stereocenters. The molecule has 0 atom stereocenters. The zero-order valence-electron chi connectivity index (χ0n) is 16.9. The Morgan fingerprint density at radius 3 is 2.76 bits per heavy atom. The van der Waals surface area contributed by atoms with Gasteiger partial charge in [-0.3, -0.25) is 0 Å². The first kappa shape index (κ1) is 19.4. The number of benzene rings is 2. The van der Waals surface area contributed by atoms with Crippen molar-refractivity contribution in [2.75, 3.05) is 0 Å². The topological polar surface area (TPSA) is 83.3 Å². The number of hydrogen-bond donors (Lipinski definition) is 0. The molecule has 0 saturated heterocycles. The van der Waals surface area contributed by atoms with Gasteiger partial charge < -0.3 is 9.15 Å². The van der Waals surface area contributed by atoms with E-state index in [1.165, 1.54) is 18.2 Å². The Bertz CT molecular complexity index is 1610. The Hall–Kier alpha value is -4.24. The van der Waals surface area contributed by atoms with Crippen molar-refractivity contribution in [1.82, 2.24) is 29.4 Å². The van der Waals surface area contributed by atoms with E-state index < -0.39 is 5.82 Å². The summed E-state index contributed by atoms with van der Waals surface area (Å²) in [5, 5.41) is 9.90. The highest BCUT2D eigenvalue weighted by molar-refractivity contribution is 6.32. The maximum absolute atomic E-state index is 13.2. The van der Waals surface area contributed by atoms with Gasteiger partial charge in [0, 0.05) is 0 Å². The van der Waals surface area contributed by atoms with Gasteiger partial charge in [-0.15, -0.1) is 5.10 Å². The van der Waals surface area contributed by atoms with Crippen LogP contribution in [-0.2, 0) is 6.61 Å². The summed E-state index contributed by atoms with van der Waals surface area (Å²) in [4.78, 5) is 9.14. The summed E-state index contributed by atoms with van der Waals surface area (Å²) in [5.41, 5.74) is 2.20. The minimum Gasteiger partial charge on any atom is -0.484 e. The van der Waals surface area contributed by atoms with Gasteiger partial charge in [-0.25, -0.2) is 23.6 Å². The van der Waals surface area contributed by atoms with Gasteiger partial charge in [0.1, 0.15) is 30.3 Å². The van der Waals surface area contributed by atoms with Gasteiger partial charge >= 0.3 is 0 Å². The second-order valence-corrected chi connectivity index (χ2v) is 7.61. The molecule has 162 valence electrons. The molecule has 4 heterocycles. The summed E-state index contributed by atoms with van der Waals surface area (Å²) >= 11 is 6.00. The number of rotatable bonds is 5. The van der Waals surface area contributed by atoms with Crippen LogP contribution >= 0.6 is 11.6 Å². The lowest BCUT2D eigenvalue weighted by molar-refractivity contribution is 0.271. The van der Waals surface area contributed by atoms with Crippen molar-refractivity contribution in [2.24, 2.45) is 0 Å². The molecule has 0 aliphatic heterocycles. The van der Waals surface area contributed by atoms with Crippen LogP contribution in [0.2, 0.25) is 5.02 Å². The van der Waals surface area contributed by atoms with Crippen molar-refractivity contribution < 1.29 is 13.5 Å². The summed E-state index contributed by atoms with van der Waals surface area (Å²) < 4.78 is 28.0. The minimum absolute atomic E-state index is 0.119. The molecular formula is C23H14ClFN6O2. The molecule has 0 bridgehead atoms. The zero-order valence-corrected chi connectivity index (χ0v) is 17.6. The zero-order chi connectivity index (χ0) is 22.4. The van der Waals surface area contributed by atoms with Gasteiger partial charge in [0.25, 0.3) is 0 Å². The smallest absolute Gasteiger partial charge is 0.217 e. The SMILES string of the molecule is Fc1ccc(OCc2ccc(-c3nc4c5cnn(-c6ccccc6)c5ncn4n3)o2)c(Cl)c1. The average Bonchev–Trinajstić information content (AvgIpc) is 3.56. The summed E-state index contributed by atoms with van der Waals surface area (Å²) in [5.74, 6) is 1.37. The second-order valence-electron chi connectivity index (χ2n) is 7.21. The fraction of sp³-hybridized carbons (Fsp3) is 0.0435. The third-order valence-electron chi connectivity index (χ3n) is 5.05. The van der Waals surface area contributed by atoms with Crippen molar-refractivity contribution >= 4 is 28.3 Å². The third-order valence-corrected chi connectivity index (χ3v) is 5.35. The molecule has 10 heteroatoms. The number of ether oxygens (including phenoxy) is 1. The van der Waals surface area contributed by atoms with Crippen molar-refractivity contribution in [3.63, 3.8) is 0 Å². The standard InChI is InChI=1S/C23H14ClFN6O2/c24-18-10-14(25)6-8-19(18)32-12-16-7-9-20(33-16)21-28-23-17-11-27-31(15-4-2-1-3-5-15)22(17)26-13-30(23)29-21/h1-11,13H,12H2. The fourth-order valence-electron chi connectivity index (χ4n) is 3.50. The van der Waals surface area contributed by atoms with Crippen LogP contribution in [0.15, 0.2) is 77.6 Å². The van der Waals surface area contributed by atoms with Gasteiger partial charge in [-0.1, -0.05) is 29.8 Å². The monoisotopic (exact) mass is 460 g/mol. The highest BCUT2D eigenvalue weighted by Gasteiger charge is 2.16. The third kappa shape index (κ3) is 3.48. The van der Waals surface area contributed by atoms with Crippen molar-refractivity contribution in [3.05, 3.63) is 89.8 Å². The number of fused-ring (bicyclic) bond motifs is 3. The Balaban J connectivity index is 1.29. The van der Waals surface area contributed by atoms with E-state index in [4.69, 9.17) is 20.8 Å². The Kier molecular flexibility index (Phi) is 4.55. The predicted molar refractivity (Wildman–Crippen MR) is 119 cm³/mol. The van der Waals surface area contributed by atoms with E-state index >= 15 is 0 Å². The summed E-state index contributed by atoms with van der Waals surface area (Å²) in [7, 11) is 0. The lowest BCUT2D eigenvalue weighted by Gasteiger charge is -2.05. The summed E-state index contributed by atoms with van der Waals surface area (Å²) in [6.07, 6.45) is 3.32. The molecule has 4 aromatic heterocycles. The van der Waals surface area contributed by atoms with Crippen LogP contribution in [0.3, 0.4) is 0 Å². The van der Waals surface area contributed by atoms with Crippen LogP contribution in [0.1, 0.15) is 5.76 Å². The second kappa shape index (κ2) is 7.72. The van der Waals surface area contributed by atoms with Gasteiger partial charge in [0.15, 0.2) is 17.1 Å². The van der Waals surface area contributed by atoms with Crippen LogP contribution in [0, 0.1) is 5.82 Å². The number of aromatic nitrogens is 6. The lowest BCUT2D eigenvalue weighted by atomic mass is 10.3. The fourth-order valence-corrected chi connectivity index (χ4v) is 3.72. The first-order valence-corrected chi connectivity index (χ1v) is 10.3. The number of hydrogen-bond acceptors (Lipinski definition) is 6. The highest BCUT2D eigenvalue weighted by Crippen LogP contribution is 2.27. The Labute approximate surface area is 190 Å². The van der Waals surface area contributed by atoms with Crippen LogP contribution in [0.5, 0.6) is 5.75 Å². The molecule has 0 spiro atoms. The molecule has 8 nitrogen and oxygen atoms in total. The van der Waals surface area contributed by atoms with E-state index in [0.29, 0.717) is 34.4 Å². The van der Waals surface area contributed by atoms with E-state index in [2.05, 4.69) is 20.2 Å². The Morgan fingerprint density at radius 1 is 1.03 bits per heavy atom. The molecule has 0 aliphatic carbocycles. The molecule has 0 saturated carbocycles. The maximum Gasteiger partial charge on any atom is 0.217 e. The average molecular weight is 461 g/mol. The van der Waals surface area contributed by atoms with Crippen LogP contribution in [0.25, 0.3) is 34.0 Å². The van der Waals surface area contributed by atoms with Crippen molar-refractivity contribution in [3.8, 4) is 23.0 Å². The molecule has 0 N–H and O–H groups in total. The van der Waals surface area contributed by atoms with Crippen molar-refractivity contribution in [1.29, 1.82) is 0 Å². The van der Waals surface area contributed by atoms with Crippen LogP contribution in [-0.4, -0.2) is 29.4 Å². The van der Waals surface area contributed by atoms with E-state index in [1.807, 2.05) is 30.3 Å². The first-order chi connectivity index (χ1) is 16.2. The van der Waals surface area contributed by atoms with Gasteiger partial charge in [0.05, 0.1) is 22.3 Å². The van der Waals surface area contributed by atoms with Crippen molar-refractivity contribution in [2.45, 2.75) is 6.61 Å². The summed E-state index contributed by atoms with van der Waals surface area (Å²) in [6.45, 7) is 0.119. The number of furan rings is 1. The first-order valence-electron chi connectivity index (χ1n) is 9.97.